The number of aryl methyl sites for hydroxylation is 1. The predicted octanol–water partition coefficient (Wildman–Crippen LogP) is 3.65. The number of thiazole rings is 1. The van der Waals surface area contributed by atoms with Crippen LogP contribution in [0.1, 0.15) is 47.7 Å². The van der Waals surface area contributed by atoms with E-state index in [-0.39, 0.29) is 12.5 Å². The number of carbonyl (C=O) groups excluding carboxylic acids is 1. The molecule has 7 heteroatoms. The Bertz CT molecular complexity index is 768. The van der Waals surface area contributed by atoms with Crippen LogP contribution in [0.3, 0.4) is 0 Å². The Morgan fingerprint density at radius 3 is 2.62 bits per heavy atom. The standard InChI is InChI=1S/C19H24N2O4S/c1-4-19(5-2,18(23)24)12-20-17(22)14-7-6-8-16(9-14)25-10-15-11-26-13(3)21-15/h6-9,11H,4-5,10,12H2,1-3H3,(H,20,22)(H,23,24). The van der Waals surface area contributed by atoms with E-state index in [9.17, 15) is 14.7 Å². The zero-order valence-electron chi connectivity index (χ0n) is 15.2. The highest BCUT2D eigenvalue weighted by Crippen LogP contribution is 2.26. The van der Waals surface area contributed by atoms with Gasteiger partial charge in [0.25, 0.3) is 5.91 Å². The summed E-state index contributed by atoms with van der Waals surface area (Å²) in [5, 5.41) is 15.1. The lowest BCUT2D eigenvalue weighted by molar-refractivity contribution is -0.149. The molecule has 2 aromatic rings. The molecule has 0 aliphatic heterocycles. The Morgan fingerprint density at radius 2 is 2.04 bits per heavy atom. The van der Waals surface area contributed by atoms with Gasteiger partial charge in [-0.2, -0.15) is 0 Å². The van der Waals surface area contributed by atoms with E-state index in [0.29, 0.717) is 30.8 Å². The maximum atomic E-state index is 12.4. The molecule has 0 spiro atoms. The second-order valence-corrected chi connectivity index (χ2v) is 7.21. The molecule has 0 unspecified atom stereocenters. The Balaban J connectivity index is 1.99. The predicted molar refractivity (Wildman–Crippen MR) is 101 cm³/mol. The normalized spacial score (nSPS) is 11.2. The molecule has 0 saturated carbocycles. The molecule has 2 rings (SSSR count). The van der Waals surface area contributed by atoms with Crippen LogP contribution in [-0.4, -0.2) is 28.5 Å². The molecule has 0 radical (unpaired) electrons. The van der Waals surface area contributed by atoms with E-state index in [1.165, 1.54) is 0 Å². The summed E-state index contributed by atoms with van der Waals surface area (Å²) < 4.78 is 5.69. The van der Waals surface area contributed by atoms with E-state index in [0.717, 1.165) is 10.7 Å². The van der Waals surface area contributed by atoms with Crippen LogP contribution in [0.5, 0.6) is 5.75 Å². The number of carbonyl (C=O) groups is 2. The molecule has 2 N–H and O–H groups in total. The molecule has 0 bridgehead atoms. The van der Waals surface area contributed by atoms with E-state index in [1.807, 2.05) is 26.2 Å². The largest absolute Gasteiger partial charge is 0.487 e. The third kappa shape index (κ3) is 4.82. The highest BCUT2D eigenvalue weighted by Gasteiger charge is 2.35. The minimum atomic E-state index is -0.938. The minimum absolute atomic E-state index is 0.0946. The van der Waals surface area contributed by atoms with Gasteiger partial charge in [0.05, 0.1) is 16.1 Å². The summed E-state index contributed by atoms with van der Waals surface area (Å²) in [6.45, 7) is 6.00. The van der Waals surface area contributed by atoms with Crippen LogP contribution in [0, 0.1) is 12.3 Å². The number of aromatic nitrogens is 1. The Morgan fingerprint density at radius 1 is 1.31 bits per heavy atom. The van der Waals surface area contributed by atoms with E-state index in [4.69, 9.17) is 4.74 Å². The average Bonchev–Trinajstić information content (AvgIpc) is 3.06. The summed E-state index contributed by atoms with van der Waals surface area (Å²) >= 11 is 1.56. The topological polar surface area (TPSA) is 88.5 Å². The summed E-state index contributed by atoms with van der Waals surface area (Å²) in [6, 6.07) is 6.83. The van der Waals surface area contributed by atoms with Gasteiger partial charge in [0.15, 0.2) is 0 Å². The number of rotatable bonds is 9. The van der Waals surface area contributed by atoms with E-state index in [2.05, 4.69) is 10.3 Å². The summed E-state index contributed by atoms with van der Waals surface area (Å²) in [4.78, 5) is 28.3. The molecule has 1 heterocycles. The molecule has 6 nitrogen and oxygen atoms in total. The third-order valence-corrected chi connectivity index (χ3v) is 5.37. The number of hydrogen-bond donors (Lipinski definition) is 2. The van der Waals surface area contributed by atoms with Crippen molar-refractivity contribution < 1.29 is 19.4 Å². The highest BCUT2D eigenvalue weighted by molar-refractivity contribution is 7.09. The Kier molecular flexibility index (Phi) is 6.74. The van der Waals surface area contributed by atoms with Crippen LogP contribution in [0.25, 0.3) is 0 Å². The molecule has 26 heavy (non-hydrogen) atoms. The molecule has 0 aliphatic rings. The van der Waals surface area contributed by atoms with Crippen molar-refractivity contribution in [1.29, 1.82) is 0 Å². The van der Waals surface area contributed by atoms with Crippen molar-refractivity contribution in [3.63, 3.8) is 0 Å². The van der Waals surface area contributed by atoms with Gasteiger partial charge in [-0.3, -0.25) is 9.59 Å². The fraction of sp³-hybridized carbons (Fsp3) is 0.421. The van der Waals surface area contributed by atoms with Gasteiger partial charge in [-0.15, -0.1) is 11.3 Å². The highest BCUT2D eigenvalue weighted by atomic mass is 32.1. The number of carboxylic acids is 1. The lowest BCUT2D eigenvalue weighted by Gasteiger charge is -2.26. The zero-order valence-corrected chi connectivity index (χ0v) is 16.1. The quantitative estimate of drug-likeness (QED) is 0.697. The lowest BCUT2D eigenvalue weighted by atomic mass is 9.82. The van der Waals surface area contributed by atoms with E-state index < -0.39 is 11.4 Å². The fourth-order valence-electron chi connectivity index (χ4n) is 2.59. The monoisotopic (exact) mass is 376 g/mol. The lowest BCUT2D eigenvalue weighted by Crippen LogP contribution is -2.42. The first-order valence-electron chi connectivity index (χ1n) is 8.55. The molecule has 0 aliphatic carbocycles. The van der Waals surface area contributed by atoms with Crippen LogP contribution < -0.4 is 10.1 Å². The molecule has 1 aromatic heterocycles. The Labute approximate surface area is 157 Å². The number of hydrogen-bond acceptors (Lipinski definition) is 5. The first kappa shape index (κ1) is 19.9. The van der Waals surface area contributed by atoms with Crippen molar-refractivity contribution in [3.05, 3.63) is 45.9 Å². The summed E-state index contributed by atoms with van der Waals surface area (Å²) in [7, 11) is 0. The smallest absolute Gasteiger partial charge is 0.311 e. The Hall–Kier alpha value is -2.41. The average molecular weight is 376 g/mol. The number of amides is 1. The molecule has 1 aromatic carbocycles. The number of nitrogens with zero attached hydrogens (tertiary/aromatic N) is 1. The number of ether oxygens (including phenoxy) is 1. The van der Waals surface area contributed by atoms with Crippen molar-refractivity contribution >= 4 is 23.2 Å². The van der Waals surface area contributed by atoms with Crippen molar-refractivity contribution in [1.82, 2.24) is 10.3 Å². The first-order chi connectivity index (χ1) is 12.4. The van der Waals surface area contributed by atoms with Gasteiger partial charge in [-0.05, 0) is 38.0 Å². The zero-order chi connectivity index (χ0) is 19.2. The van der Waals surface area contributed by atoms with Crippen LogP contribution >= 0.6 is 11.3 Å². The summed E-state index contributed by atoms with van der Waals surface area (Å²) in [5.41, 5.74) is 0.342. The summed E-state index contributed by atoms with van der Waals surface area (Å²) in [5.74, 6) is -0.635. The van der Waals surface area contributed by atoms with Crippen LogP contribution in [0.2, 0.25) is 0 Å². The van der Waals surface area contributed by atoms with Crippen LogP contribution in [-0.2, 0) is 11.4 Å². The van der Waals surface area contributed by atoms with Gasteiger partial charge < -0.3 is 15.2 Å². The van der Waals surface area contributed by atoms with Crippen molar-refractivity contribution in [3.8, 4) is 5.75 Å². The molecular weight excluding hydrogens is 352 g/mol. The number of carboxylic acid groups (broad SMARTS) is 1. The molecule has 0 atom stereocenters. The van der Waals surface area contributed by atoms with Crippen LogP contribution in [0.4, 0.5) is 0 Å². The van der Waals surface area contributed by atoms with Crippen molar-refractivity contribution in [2.24, 2.45) is 5.41 Å². The van der Waals surface area contributed by atoms with Gasteiger partial charge >= 0.3 is 5.97 Å². The second kappa shape index (κ2) is 8.80. The van der Waals surface area contributed by atoms with Crippen molar-refractivity contribution in [2.45, 2.75) is 40.2 Å². The molecular formula is C19H24N2O4S. The number of benzene rings is 1. The fourth-order valence-corrected chi connectivity index (χ4v) is 3.19. The van der Waals surface area contributed by atoms with Gasteiger partial charge in [0.2, 0.25) is 0 Å². The number of nitrogens with one attached hydrogen (secondary N) is 1. The molecule has 0 saturated heterocycles. The van der Waals surface area contributed by atoms with Gasteiger partial charge in [0, 0.05) is 17.5 Å². The maximum Gasteiger partial charge on any atom is 0.311 e. The van der Waals surface area contributed by atoms with Crippen LogP contribution in [0.15, 0.2) is 29.6 Å². The van der Waals surface area contributed by atoms with Gasteiger partial charge in [-0.25, -0.2) is 4.98 Å². The second-order valence-electron chi connectivity index (χ2n) is 6.15. The van der Waals surface area contributed by atoms with Gasteiger partial charge in [0.1, 0.15) is 12.4 Å². The summed E-state index contributed by atoms with van der Waals surface area (Å²) in [6.07, 6.45) is 0.907. The molecule has 140 valence electrons. The third-order valence-electron chi connectivity index (χ3n) is 4.54. The first-order valence-corrected chi connectivity index (χ1v) is 9.43. The SMILES string of the molecule is CCC(CC)(CNC(=O)c1cccc(OCc2csc(C)n2)c1)C(=O)O. The van der Waals surface area contributed by atoms with Crippen molar-refractivity contribution in [2.75, 3.05) is 6.54 Å². The minimum Gasteiger partial charge on any atom is -0.487 e. The molecule has 1 amide bonds. The van der Waals surface area contributed by atoms with E-state index >= 15 is 0 Å². The van der Waals surface area contributed by atoms with Gasteiger partial charge in [-0.1, -0.05) is 19.9 Å². The molecule has 0 fully saturated rings. The number of aliphatic carboxylic acids is 1. The van der Waals surface area contributed by atoms with E-state index in [1.54, 1.807) is 35.6 Å². The maximum absolute atomic E-state index is 12.4.